The van der Waals surface area contributed by atoms with Crippen LogP contribution in [0.3, 0.4) is 0 Å². The number of halogens is 1. The number of nitrogens with zero attached hydrogens (tertiary/aromatic N) is 1. The highest BCUT2D eigenvalue weighted by molar-refractivity contribution is 5.97. The molecule has 5 nitrogen and oxygen atoms in total. The summed E-state index contributed by atoms with van der Waals surface area (Å²) in [5, 5.41) is 6.19. The zero-order valence-corrected chi connectivity index (χ0v) is 16.3. The molecule has 2 N–H and O–H groups in total. The van der Waals surface area contributed by atoms with Crippen LogP contribution in [-0.2, 0) is 4.79 Å². The van der Waals surface area contributed by atoms with Crippen molar-refractivity contribution in [3.63, 3.8) is 0 Å². The number of carbonyl (C=O) groups is 2. The predicted octanol–water partition coefficient (Wildman–Crippen LogP) is 3.31. The minimum Gasteiger partial charge on any atom is -0.338 e. The Labute approximate surface area is 162 Å². The summed E-state index contributed by atoms with van der Waals surface area (Å²) in [5.41, 5.74) is 1.39. The normalized spacial score (nSPS) is 20.5. The average molecular weight is 380 g/mol. The van der Waals surface area contributed by atoms with Crippen LogP contribution in [0.4, 0.5) is 5.69 Å². The monoisotopic (exact) mass is 379 g/mol. The zero-order chi connectivity index (χ0) is 17.6. The van der Waals surface area contributed by atoms with Gasteiger partial charge < -0.3 is 15.5 Å². The standard InChI is InChI=1S/C20H29N3O2.ClH/c1-21-13-15-10-11-23(14-15)20(25)17-8-5-9-18(12-17)22-19(24)16-6-3-2-4-7-16;/h5,8-9,12,15-16,21H,2-4,6-7,10-11,13-14H2,1H3,(H,22,24);1H. The number of rotatable bonds is 5. The molecule has 26 heavy (non-hydrogen) atoms. The highest BCUT2D eigenvalue weighted by Gasteiger charge is 2.27. The predicted molar refractivity (Wildman–Crippen MR) is 107 cm³/mol. The molecule has 0 spiro atoms. The van der Waals surface area contributed by atoms with Gasteiger partial charge in [0, 0.05) is 30.3 Å². The molecule has 2 fully saturated rings. The molecule has 1 aromatic carbocycles. The smallest absolute Gasteiger partial charge is 0.253 e. The lowest BCUT2D eigenvalue weighted by Gasteiger charge is -2.21. The minimum absolute atomic E-state index is 0. The molecule has 3 rings (SSSR count). The summed E-state index contributed by atoms with van der Waals surface area (Å²) in [6, 6.07) is 7.37. The molecule has 1 saturated carbocycles. The Morgan fingerprint density at radius 1 is 1.15 bits per heavy atom. The van der Waals surface area contributed by atoms with Gasteiger partial charge >= 0.3 is 0 Å². The first-order valence-corrected chi connectivity index (χ1v) is 9.52. The van der Waals surface area contributed by atoms with Crippen molar-refractivity contribution < 1.29 is 9.59 Å². The molecule has 1 unspecified atom stereocenters. The second-order valence-electron chi connectivity index (χ2n) is 7.37. The minimum atomic E-state index is 0. The van der Waals surface area contributed by atoms with Crippen LogP contribution in [0.2, 0.25) is 0 Å². The lowest BCUT2D eigenvalue weighted by atomic mass is 9.88. The molecule has 2 aliphatic rings. The van der Waals surface area contributed by atoms with Gasteiger partial charge in [-0.15, -0.1) is 12.4 Å². The molecule has 1 aromatic rings. The Morgan fingerprint density at radius 2 is 1.92 bits per heavy atom. The maximum absolute atomic E-state index is 12.7. The van der Waals surface area contributed by atoms with Crippen molar-refractivity contribution in [2.24, 2.45) is 11.8 Å². The molecule has 1 aliphatic carbocycles. The van der Waals surface area contributed by atoms with Crippen LogP contribution in [-0.4, -0.2) is 43.4 Å². The largest absolute Gasteiger partial charge is 0.338 e. The third-order valence-electron chi connectivity index (χ3n) is 5.42. The number of carbonyl (C=O) groups excluding carboxylic acids is 2. The van der Waals surface area contributed by atoms with Gasteiger partial charge in [0.2, 0.25) is 5.91 Å². The highest BCUT2D eigenvalue weighted by atomic mass is 35.5. The molecule has 0 bridgehead atoms. The molecule has 1 aliphatic heterocycles. The number of likely N-dealkylation sites (tertiary alicyclic amines) is 1. The van der Waals surface area contributed by atoms with E-state index in [0.717, 1.165) is 57.4 Å². The van der Waals surface area contributed by atoms with Gasteiger partial charge in [-0.3, -0.25) is 9.59 Å². The molecule has 0 aromatic heterocycles. The lowest BCUT2D eigenvalue weighted by molar-refractivity contribution is -0.120. The summed E-state index contributed by atoms with van der Waals surface area (Å²) >= 11 is 0. The Bertz CT molecular complexity index is 617. The van der Waals surface area contributed by atoms with E-state index < -0.39 is 0 Å². The number of hydrogen-bond acceptors (Lipinski definition) is 3. The first-order valence-electron chi connectivity index (χ1n) is 9.52. The molecule has 6 heteroatoms. The van der Waals surface area contributed by atoms with Crippen molar-refractivity contribution in [2.75, 3.05) is 32.0 Å². The number of anilines is 1. The summed E-state index contributed by atoms with van der Waals surface area (Å²) in [6.07, 6.45) is 6.51. The van der Waals surface area contributed by atoms with Gasteiger partial charge in [-0.2, -0.15) is 0 Å². The van der Waals surface area contributed by atoms with Crippen LogP contribution in [0.5, 0.6) is 0 Å². The number of amides is 2. The third-order valence-corrected chi connectivity index (χ3v) is 5.42. The van der Waals surface area contributed by atoms with E-state index in [1.807, 2.05) is 36.2 Å². The van der Waals surface area contributed by atoms with Crippen molar-refractivity contribution in [1.29, 1.82) is 0 Å². The van der Waals surface area contributed by atoms with Crippen molar-refractivity contribution in [3.05, 3.63) is 29.8 Å². The Kier molecular flexibility index (Phi) is 7.91. The summed E-state index contributed by atoms with van der Waals surface area (Å²) < 4.78 is 0. The fraction of sp³-hybridized carbons (Fsp3) is 0.600. The summed E-state index contributed by atoms with van der Waals surface area (Å²) in [6.45, 7) is 2.56. The lowest BCUT2D eigenvalue weighted by Crippen LogP contribution is -2.30. The van der Waals surface area contributed by atoms with Crippen molar-refractivity contribution in [3.8, 4) is 0 Å². The van der Waals surface area contributed by atoms with E-state index in [1.165, 1.54) is 6.42 Å². The van der Waals surface area contributed by atoms with Gasteiger partial charge in [-0.25, -0.2) is 0 Å². The van der Waals surface area contributed by atoms with E-state index >= 15 is 0 Å². The van der Waals surface area contributed by atoms with Gasteiger partial charge in [0.25, 0.3) is 5.91 Å². The van der Waals surface area contributed by atoms with Crippen LogP contribution in [0.15, 0.2) is 24.3 Å². The topological polar surface area (TPSA) is 61.4 Å². The average Bonchev–Trinajstić information content (AvgIpc) is 3.11. The second kappa shape index (κ2) is 9.93. The van der Waals surface area contributed by atoms with Crippen LogP contribution in [0.25, 0.3) is 0 Å². The number of benzene rings is 1. The molecule has 1 atom stereocenters. The zero-order valence-electron chi connectivity index (χ0n) is 15.5. The van der Waals surface area contributed by atoms with Crippen molar-refractivity contribution in [2.45, 2.75) is 38.5 Å². The van der Waals surface area contributed by atoms with E-state index in [2.05, 4.69) is 10.6 Å². The maximum atomic E-state index is 12.7. The van der Waals surface area contributed by atoms with Crippen LogP contribution >= 0.6 is 12.4 Å². The molecular weight excluding hydrogens is 350 g/mol. The fourth-order valence-corrected chi connectivity index (χ4v) is 3.99. The third kappa shape index (κ3) is 5.21. The Balaban J connectivity index is 0.00000243. The van der Waals surface area contributed by atoms with Crippen molar-refractivity contribution in [1.82, 2.24) is 10.2 Å². The quantitative estimate of drug-likeness (QED) is 0.825. The first-order chi connectivity index (χ1) is 12.2. The number of hydrogen-bond donors (Lipinski definition) is 2. The van der Waals surface area contributed by atoms with Gasteiger partial charge in [-0.05, 0) is 57.0 Å². The van der Waals surface area contributed by atoms with E-state index in [4.69, 9.17) is 0 Å². The van der Waals surface area contributed by atoms with Crippen LogP contribution in [0, 0.1) is 11.8 Å². The first kappa shape index (κ1) is 20.7. The van der Waals surface area contributed by atoms with Gasteiger partial charge in [-0.1, -0.05) is 25.3 Å². The maximum Gasteiger partial charge on any atom is 0.253 e. The van der Waals surface area contributed by atoms with E-state index in [9.17, 15) is 9.59 Å². The van der Waals surface area contributed by atoms with Gasteiger partial charge in [0.05, 0.1) is 0 Å². The Morgan fingerprint density at radius 3 is 2.65 bits per heavy atom. The molecule has 0 radical (unpaired) electrons. The highest BCUT2D eigenvalue weighted by Crippen LogP contribution is 2.25. The summed E-state index contributed by atoms with van der Waals surface area (Å²) in [4.78, 5) is 27.1. The van der Waals surface area contributed by atoms with E-state index in [0.29, 0.717) is 11.5 Å². The Hall–Kier alpha value is -1.59. The fourth-order valence-electron chi connectivity index (χ4n) is 3.99. The van der Waals surface area contributed by atoms with Gasteiger partial charge in [0.1, 0.15) is 0 Å². The van der Waals surface area contributed by atoms with Crippen LogP contribution < -0.4 is 10.6 Å². The summed E-state index contributed by atoms with van der Waals surface area (Å²) in [7, 11) is 1.95. The SMILES string of the molecule is CNCC1CCN(C(=O)c2cccc(NC(=O)C3CCCCC3)c2)C1.Cl. The van der Waals surface area contributed by atoms with E-state index in [-0.39, 0.29) is 30.1 Å². The van der Waals surface area contributed by atoms with Gasteiger partial charge in [0.15, 0.2) is 0 Å². The molecular formula is C20H30ClN3O2. The number of nitrogens with one attached hydrogen (secondary N) is 2. The molecule has 1 heterocycles. The van der Waals surface area contributed by atoms with E-state index in [1.54, 1.807) is 0 Å². The molecule has 1 saturated heterocycles. The molecule has 2 amide bonds. The second-order valence-corrected chi connectivity index (χ2v) is 7.37. The molecule has 144 valence electrons. The van der Waals surface area contributed by atoms with Crippen molar-refractivity contribution >= 4 is 29.9 Å². The van der Waals surface area contributed by atoms with Crippen LogP contribution in [0.1, 0.15) is 48.9 Å². The summed E-state index contributed by atoms with van der Waals surface area (Å²) in [5.74, 6) is 0.809.